The molecule has 1 rings (SSSR count). The van der Waals surface area contributed by atoms with Gasteiger partial charge in [0.1, 0.15) is 6.04 Å². The van der Waals surface area contributed by atoms with Gasteiger partial charge in [0.15, 0.2) is 0 Å². The number of carbonyl (C=O) groups is 3. The third-order valence-corrected chi connectivity index (χ3v) is 6.47. The third kappa shape index (κ3) is 8.49. The lowest BCUT2D eigenvalue weighted by Crippen LogP contribution is -2.61. The number of amides is 2. The largest absolute Gasteiger partial charge is 0.478 e. The lowest BCUT2D eigenvalue weighted by molar-refractivity contribution is -0.141. The number of carboxylic acids is 1. The average molecular weight is 488 g/mol. The highest BCUT2D eigenvalue weighted by molar-refractivity contribution is 5.91. The number of likely N-dealkylation sites (N-methyl/N-ethyl adjacent to an activating group) is 2. The standard InChI is InChI=1S/C28H45N3O4/c1-18(2)21(16-19(3)26(34)35)31(10)25(33)23(27(4,5)6)30-24(32)22(29-9)28(7,8)17-20-14-12-11-13-15-20/h11-16,18,21-23,29H,17H2,1-10H3,(H,30,32)(H,34,35)/b19-16+/t21-,22-,23-/m1/s1. The summed E-state index contributed by atoms with van der Waals surface area (Å²) in [5.41, 5.74) is 0.335. The Balaban J connectivity index is 3.22. The van der Waals surface area contributed by atoms with Gasteiger partial charge in [0.25, 0.3) is 0 Å². The van der Waals surface area contributed by atoms with Gasteiger partial charge in [-0.3, -0.25) is 9.59 Å². The molecule has 0 bridgehead atoms. The molecular formula is C28H45N3O4. The minimum atomic E-state index is -1.02. The first-order chi connectivity index (χ1) is 16.0. The second-order valence-corrected chi connectivity index (χ2v) is 11.5. The molecular weight excluding hydrogens is 442 g/mol. The Hall–Kier alpha value is -2.67. The molecule has 0 aliphatic rings. The number of carbonyl (C=O) groups excluding carboxylic acids is 2. The molecule has 1 aromatic carbocycles. The molecule has 196 valence electrons. The number of hydrogen-bond acceptors (Lipinski definition) is 4. The molecule has 0 radical (unpaired) electrons. The first-order valence-corrected chi connectivity index (χ1v) is 12.2. The van der Waals surface area contributed by atoms with Gasteiger partial charge < -0.3 is 20.6 Å². The van der Waals surface area contributed by atoms with Crippen molar-refractivity contribution < 1.29 is 19.5 Å². The summed E-state index contributed by atoms with van der Waals surface area (Å²) in [7, 11) is 3.42. The lowest BCUT2D eigenvalue weighted by atomic mass is 9.77. The van der Waals surface area contributed by atoms with Gasteiger partial charge in [-0.1, -0.05) is 84.9 Å². The summed E-state index contributed by atoms with van der Waals surface area (Å²) in [5, 5.41) is 15.5. The van der Waals surface area contributed by atoms with E-state index in [0.29, 0.717) is 6.42 Å². The zero-order chi connectivity index (χ0) is 27.1. The highest BCUT2D eigenvalue weighted by Gasteiger charge is 2.41. The third-order valence-electron chi connectivity index (χ3n) is 6.47. The maximum absolute atomic E-state index is 13.7. The van der Waals surface area contributed by atoms with E-state index >= 15 is 0 Å². The Morgan fingerprint density at radius 1 is 1.03 bits per heavy atom. The van der Waals surface area contributed by atoms with Gasteiger partial charge in [0, 0.05) is 12.6 Å². The highest BCUT2D eigenvalue weighted by atomic mass is 16.4. The molecule has 7 heteroatoms. The molecule has 0 saturated carbocycles. The Labute approximate surface area is 211 Å². The van der Waals surface area contributed by atoms with Gasteiger partial charge in [0.2, 0.25) is 11.8 Å². The number of hydrogen-bond donors (Lipinski definition) is 3. The normalized spacial score (nSPS) is 15.3. The van der Waals surface area contributed by atoms with Crippen LogP contribution in [0.5, 0.6) is 0 Å². The van der Waals surface area contributed by atoms with Crippen LogP contribution in [0.3, 0.4) is 0 Å². The predicted octanol–water partition coefficient (Wildman–Crippen LogP) is 3.89. The second-order valence-electron chi connectivity index (χ2n) is 11.5. The molecule has 0 heterocycles. The van der Waals surface area contributed by atoms with Crippen LogP contribution >= 0.6 is 0 Å². The molecule has 1 aromatic rings. The van der Waals surface area contributed by atoms with Crippen LogP contribution in [0.1, 0.15) is 61.0 Å². The van der Waals surface area contributed by atoms with Gasteiger partial charge in [-0.25, -0.2) is 4.79 Å². The highest BCUT2D eigenvalue weighted by Crippen LogP contribution is 2.28. The second kappa shape index (κ2) is 12.3. The van der Waals surface area contributed by atoms with Crippen LogP contribution in [0.4, 0.5) is 0 Å². The van der Waals surface area contributed by atoms with Crippen molar-refractivity contribution >= 4 is 17.8 Å². The average Bonchev–Trinajstić information content (AvgIpc) is 2.74. The van der Waals surface area contributed by atoms with Crippen LogP contribution < -0.4 is 10.6 Å². The van der Waals surface area contributed by atoms with E-state index in [4.69, 9.17) is 0 Å². The molecule has 0 aromatic heterocycles. The zero-order valence-corrected chi connectivity index (χ0v) is 23.1. The fourth-order valence-corrected chi connectivity index (χ4v) is 4.40. The maximum atomic E-state index is 13.7. The van der Waals surface area contributed by atoms with E-state index < -0.39 is 34.9 Å². The van der Waals surface area contributed by atoms with Gasteiger partial charge in [-0.15, -0.1) is 0 Å². The minimum Gasteiger partial charge on any atom is -0.478 e. The first-order valence-electron chi connectivity index (χ1n) is 12.2. The van der Waals surface area contributed by atoms with Crippen molar-refractivity contribution in [2.24, 2.45) is 16.7 Å². The Morgan fingerprint density at radius 3 is 2.00 bits per heavy atom. The molecule has 0 aliphatic carbocycles. The monoisotopic (exact) mass is 487 g/mol. The van der Waals surface area contributed by atoms with Gasteiger partial charge in [-0.05, 0) is 42.7 Å². The Kier molecular flexibility index (Phi) is 10.7. The van der Waals surface area contributed by atoms with E-state index in [1.54, 1.807) is 25.1 Å². The van der Waals surface area contributed by atoms with Crippen molar-refractivity contribution in [2.75, 3.05) is 14.1 Å². The van der Waals surface area contributed by atoms with Crippen molar-refractivity contribution in [3.05, 3.63) is 47.5 Å². The van der Waals surface area contributed by atoms with E-state index in [-0.39, 0.29) is 23.3 Å². The first kappa shape index (κ1) is 30.4. The fraction of sp³-hybridized carbons (Fsp3) is 0.607. The van der Waals surface area contributed by atoms with Crippen LogP contribution in [0, 0.1) is 16.7 Å². The quantitative estimate of drug-likeness (QED) is 0.411. The van der Waals surface area contributed by atoms with Gasteiger partial charge in [-0.2, -0.15) is 0 Å². The summed E-state index contributed by atoms with van der Waals surface area (Å²) in [6, 6.07) is 8.28. The molecule has 2 amide bonds. The summed E-state index contributed by atoms with van der Waals surface area (Å²) >= 11 is 0. The van der Waals surface area contributed by atoms with Crippen LogP contribution in [0.25, 0.3) is 0 Å². The summed E-state index contributed by atoms with van der Waals surface area (Å²) in [4.78, 5) is 40.2. The zero-order valence-electron chi connectivity index (χ0n) is 23.1. The number of carboxylic acid groups (broad SMARTS) is 1. The molecule has 0 aliphatic heterocycles. The summed E-state index contributed by atoms with van der Waals surface area (Å²) < 4.78 is 0. The molecule has 3 N–H and O–H groups in total. The van der Waals surface area contributed by atoms with E-state index in [1.807, 2.05) is 78.8 Å². The molecule has 0 saturated heterocycles. The maximum Gasteiger partial charge on any atom is 0.331 e. The van der Waals surface area contributed by atoms with Crippen LogP contribution in [-0.4, -0.2) is 60.0 Å². The molecule has 3 atom stereocenters. The minimum absolute atomic E-state index is 0.00978. The Bertz CT molecular complexity index is 901. The van der Waals surface area contributed by atoms with Crippen molar-refractivity contribution in [1.82, 2.24) is 15.5 Å². The molecule has 35 heavy (non-hydrogen) atoms. The number of benzene rings is 1. The van der Waals surface area contributed by atoms with Crippen molar-refractivity contribution in [3.8, 4) is 0 Å². The number of nitrogens with zero attached hydrogens (tertiary/aromatic N) is 1. The van der Waals surface area contributed by atoms with Gasteiger partial charge in [0.05, 0.1) is 12.1 Å². The molecule has 0 fully saturated rings. The van der Waals surface area contributed by atoms with Crippen LogP contribution in [-0.2, 0) is 20.8 Å². The van der Waals surface area contributed by atoms with E-state index in [2.05, 4.69) is 10.6 Å². The van der Waals surface area contributed by atoms with E-state index in [1.165, 1.54) is 6.92 Å². The SMILES string of the molecule is CN[C@H](C(=O)N[C@H](C(=O)N(C)[C@H](/C=C(\C)C(=O)O)C(C)C)C(C)(C)C)C(C)(C)Cc1ccccc1. The number of aliphatic carboxylic acids is 1. The van der Waals surface area contributed by atoms with Crippen molar-refractivity contribution in [3.63, 3.8) is 0 Å². The summed E-state index contributed by atoms with van der Waals surface area (Å²) in [6.07, 6.45) is 2.29. The molecule has 0 spiro atoms. The fourth-order valence-electron chi connectivity index (χ4n) is 4.40. The van der Waals surface area contributed by atoms with Crippen molar-refractivity contribution in [1.29, 1.82) is 0 Å². The van der Waals surface area contributed by atoms with E-state index in [0.717, 1.165) is 5.56 Å². The summed E-state index contributed by atoms with van der Waals surface area (Å²) in [6.45, 7) is 15.2. The lowest BCUT2D eigenvalue weighted by Gasteiger charge is -2.39. The van der Waals surface area contributed by atoms with Crippen molar-refractivity contribution in [2.45, 2.75) is 79.9 Å². The number of rotatable bonds is 11. The molecule has 0 unspecified atom stereocenters. The van der Waals surface area contributed by atoms with Gasteiger partial charge >= 0.3 is 5.97 Å². The van der Waals surface area contributed by atoms with Crippen LogP contribution in [0.2, 0.25) is 0 Å². The smallest absolute Gasteiger partial charge is 0.331 e. The topological polar surface area (TPSA) is 98.7 Å². The van der Waals surface area contributed by atoms with E-state index in [9.17, 15) is 19.5 Å². The molecule has 7 nitrogen and oxygen atoms in total. The summed E-state index contributed by atoms with van der Waals surface area (Å²) in [5.74, 6) is -1.53. The number of nitrogens with one attached hydrogen (secondary N) is 2. The predicted molar refractivity (Wildman–Crippen MR) is 141 cm³/mol. The van der Waals surface area contributed by atoms with Crippen LogP contribution in [0.15, 0.2) is 42.0 Å². The Morgan fingerprint density at radius 2 is 1.57 bits per heavy atom.